The monoisotopic (exact) mass is 238 g/mol. The highest BCUT2D eigenvalue weighted by atomic mass is 32.1. The minimum atomic E-state index is -0.0420. The predicted molar refractivity (Wildman–Crippen MR) is 61.4 cm³/mol. The summed E-state index contributed by atoms with van der Waals surface area (Å²) in [6.45, 7) is 3.29. The van der Waals surface area contributed by atoms with Gasteiger partial charge in [-0.2, -0.15) is 0 Å². The summed E-state index contributed by atoms with van der Waals surface area (Å²) in [7, 11) is 0. The van der Waals surface area contributed by atoms with Crippen LogP contribution < -0.4 is 0 Å². The van der Waals surface area contributed by atoms with Crippen LogP contribution in [-0.4, -0.2) is 34.7 Å². The summed E-state index contributed by atoms with van der Waals surface area (Å²) in [4.78, 5) is 28.7. The number of Topliss-reactive ketones (excluding diaryl/α,β-unsaturated/α-hetero) is 1. The zero-order valence-corrected chi connectivity index (χ0v) is 10.00. The van der Waals surface area contributed by atoms with Crippen molar-refractivity contribution in [3.05, 3.63) is 16.6 Å². The Hall–Kier alpha value is -1.23. The first-order chi connectivity index (χ1) is 7.66. The van der Waals surface area contributed by atoms with Crippen molar-refractivity contribution in [2.24, 2.45) is 0 Å². The van der Waals surface area contributed by atoms with E-state index in [0.29, 0.717) is 19.5 Å². The molecule has 0 aliphatic carbocycles. The van der Waals surface area contributed by atoms with Gasteiger partial charge in [0, 0.05) is 37.0 Å². The van der Waals surface area contributed by atoms with Crippen LogP contribution in [0.25, 0.3) is 0 Å². The van der Waals surface area contributed by atoms with Crippen molar-refractivity contribution in [2.75, 3.05) is 13.1 Å². The first kappa shape index (κ1) is 11.3. The van der Waals surface area contributed by atoms with E-state index in [1.807, 2.05) is 5.38 Å². The standard InChI is InChI=1S/C11H14N2O2S/c1-8(11-12-3-5-16-11)7-13-4-2-9(14)6-10(13)15/h3,5,8H,2,4,6-7H2,1H3. The molecule has 0 spiro atoms. The smallest absolute Gasteiger partial charge is 0.230 e. The van der Waals surface area contributed by atoms with Gasteiger partial charge in [-0.05, 0) is 0 Å². The van der Waals surface area contributed by atoms with E-state index in [0.717, 1.165) is 5.01 Å². The Morgan fingerprint density at radius 1 is 1.56 bits per heavy atom. The normalized spacial score (nSPS) is 18.9. The summed E-state index contributed by atoms with van der Waals surface area (Å²) in [6.07, 6.45) is 2.35. The molecule has 16 heavy (non-hydrogen) atoms. The third-order valence-corrected chi connectivity index (χ3v) is 3.74. The zero-order valence-electron chi connectivity index (χ0n) is 9.18. The Bertz CT molecular complexity index is 389. The van der Waals surface area contributed by atoms with Gasteiger partial charge in [-0.1, -0.05) is 6.92 Å². The second-order valence-electron chi connectivity index (χ2n) is 4.08. The van der Waals surface area contributed by atoms with Crippen LogP contribution in [0.15, 0.2) is 11.6 Å². The van der Waals surface area contributed by atoms with Gasteiger partial charge >= 0.3 is 0 Å². The fourth-order valence-electron chi connectivity index (χ4n) is 1.83. The van der Waals surface area contributed by atoms with Gasteiger partial charge in [0.05, 0.1) is 11.4 Å². The molecule has 0 bridgehead atoms. The highest BCUT2D eigenvalue weighted by molar-refractivity contribution is 7.09. The van der Waals surface area contributed by atoms with Gasteiger partial charge in [0.25, 0.3) is 0 Å². The van der Waals surface area contributed by atoms with E-state index in [-0.39, 0.29) is 24.0 Å². The van der Waals surface area contributed by atoms with Crippen LogP contribution in [0.2, 0.25) is 0 Å². The van der Waals surface area contributed by atoms with Gasteiger partial charge < -0.3 is 4.90 Å². The first-order valence-electron chi connectivity index (χ1n) is 5.35. The summed E-state index contributed by atoms with van der Waals surface area (Å²) >= 11 is 1.61. The lowest BCUT2D eigenvalue weighted by Gasteiger charge is -2.28. The van der Waals surface area contributed by atoms with E-state index in [1.165, 1.54) is 0 Å². The van der Waals surface area contributed by atoms with Crippen molar-refractivity contribution < 1.29 is 9.59 Å². The Labute approximate surface area is 98.3 Å². The molecule has 0 N–H and O–H groups in total. The number of aromatic nitrogens is 1. The molecule has 86 valence electrons. The Morgan fingerprint density at radius 3 is 3.00 bits per heavy atom. The highest BCUT2D eigenvalue weighted by Gasteiger charge is 2.25. The van der Waals surface area contributed by atoms with Gasteiger partial charge in [-0.3, -0.25) is 9.59 Å². The van der Waals surface area contributed by atoms with Crippen molar-refractivity contribution in [3.63, 3.8) is 0 Å². The molecule has 4 nitrogen and oxygen atoms in total. The van der Waals surface area contributed by atoms with Crippen molar-refractivity contribution >= 4 is 23.0 Å². The molecule has 1 unspecified atom stereocenters. The number of thiazole rings is 1. The molecule has 2 heterocycles. The number of rotatable bonds is 3. The lowest BCUT2D eigenvalue weighted by atomic mass is 10.1. The average molecular weight is 238 g/mol. The highest BCUT2D eigenvalue weighted by Crippen LogP contribution is 2.20. The van der Waals surface area contributed by atoms with E-state index in [1.54, 1.807) is 22.4 Å². The maximum absolute atomic E-state index is 11.6. The van der Waals surface area contributed by atoms with Gasteiger partial charge in [0.2, 0.25) is 5.91 Å². The molecule has 1 saturated heterocycles. The summed E-state index contributed by atoms with van der Waals surface area (Å²) in [5.74, 6) is 0.264. The molecule has 1 aromatic heterocycles. The number of nitrogens with zero attached hydrogens (tertiary/aromatic N) is 2. The van der Waals surface area contributed by atoms with Crippen LogP contribution in [0.4, 0.5) is 0 Å². The SMILES string of the molecule is CC(CN1CCC(=O)CC1=O)c1nccs1. The third kappa shape index (κ3) is 2.47. The van der Waals surface area contributed by atoms with Crippen LogP contribution in [0.1, 0.15) is 30.7 Å². The van der Waals surface area contributed by atoms with Crippen LogP contribution in [-0.2, 0) is 9.59 Å². The van der Waals surface area contributed by atoms with E-state index in [9.17, 15) is 9.59 Å². The summed E-state index contributed by atoms with van der Waals surface area (Å²) in [5, 5.41) is 2.98. The third-order valence-electron chi connectivity index (χ3n) is 2.73. The average Bonchev–Trinajstić information content (AvgIpc) is 2.75. The van der Waals surface area contributed by atoms with E-state index >= 15 is 0 Å². The summed E-state index contributed by atoms with van der Waals surface area (Å²) in [6, 6.07) is 0. The second kappa shape index (κ2) is 4.74. The Kier molecular flexibility index (Phi) is 3.33. The van der Waals surface area contributed by atoms with Crippen LogP contribution in [0.3, 0.4) is 0 Å². The van der Waals surface area contributed by atoms with Crippen LogP contribution in [0.5, 0.6) is 0 Å². The molecule has 1 atom stereocenters. The zero-order chi connectivity index (χ0) is 11.5. The van der Waals surface area contributed by atoms with Gasteiger partial charge in [0.1, 0.15) is 5.78 Å². The second-order valence-corrected chi connectivity index (χ2v) is 5.00. The molecule has 2 rings (SSSR count). The van der Waals surface area contributed by atoms with Crippen LogP contribution in [0, 0.1) is 0 Å². The number of likely N-dealkylation sites (tertiary alicyclic amines) is 1. The lowest BCUT2D eigenvalue weighted by molar-refractivity contribution is -0.139. The number of hydrogen-bond donors (Lipinski definition) is 0. The minimum Gasteiger partial charge on any atom is -0.341 e. The van der Waals surface area contributed by atoms with Gasteiger partial charge in [-0.25, -0.2) is 4.98 Å². The summed E-state index contributed by atoms with van der Waals surface area (Å²) < 4.78 is 0. The minimum absolute atomic E-state index is 0.0420. The number of piperidine rings is 1. The van der Waals surface area contributed by atoms with Crippen LogP contribution >= 0.6 is 11.3 Å². The van der Waals surface area contributed by atoms with E-state index in [4.69, 9.17) is 0 Å². The largest absolute Gasteiger partial charge is 0.341 e. The molecule has 1 fully saturated rings. The molecule has 1 aliphatic heterocycles. The maximum Gasteiger partial charge on any atom is 0.230 e. The molecule has 0 saturated carbocycles. The number of hydrogen-bond acceptors (Lipinski definition) is 4. The van der Waals surface area contributed by atoms with Crippen molar-refractivity contribution in [1.29, 1.82) is 0 Å². The quantitative estimate of drug-likeness (QED) is 0.749. The summed E-state index contributed by atoms with van der Waals surface area (Å²) in [5.41, 5.74) is 0. The van der Waals surface area contributed by atoms with E-state index < -0.39 is 0 Å². The van der Waals surface area contributed by atoms with Crippen molar-refractivity contribution in [2.45, 2.75) is 25.7 Å². The van der Waals surface area contributed by atoms with Crippen molar-refractivity contribution in [1.82, 2.24) is 9.88 Å². The molecular weight excluding hydrogens is 224 g/mol. The molecule has 0 aromatic carbocycles. The molecule has 1 amide bonds. The maximum atomic E-state index is 11.6. The molecule has 1 aliphatic rings. The number of carbonyl (C=O) groups is 2. The van der Waals surface area contributed by atoms with Gasteiger partial charge in [-0.15, -0.1) is 11.3 Å². The fourth-order valence-corrected chi connectivity index (χ4v) is 2.52. The molecule has 5 heteroatoms. The molecule has 1 aromatic rings. The lowest BCUT2D eigenvalue weighted by Crippen LogP contribution is -2.40. The Morgan fingerprint density at radius 2 is 2.38 bits per heavy atom. The van der Waals surface area contributed by atoms with E-state index in [2.05, 4.69) is 11.9 Å². The number of carbonyl (C=O) groups excluding carboxylic acids is 2. The predicted octanol–water partition coefficient (Wildman–Crippen LogP) is 1.44. The fraction of sp³-hybridized carbons (Fsp3) is 0.545. The molecule has 0 radical (unpaired) electrons. The van der Waals surface area contributed by atoms with Gasteiger partial charge in [0.15, 0.2) is 0 Å². The number of ketones is 1. The first-order valence-corrected chi connectivity index (χ1v) is 6.23. The molecular formula is C11H14N2O2S. The van der Waals surface area contributed by atoms with Crippen molar-refractivity contribution in [3.8, 4) is 0 Å². The topological polar surface area (TPSA) is 50.3 Å². The number of amides is 1. The Balaban J connectivity index is 1.95.